The van der Waals surface area contributed by atoms with Crippen LogP contribution >= 0.6 is 0 Å². The third-order valence-corrected chi connectivity index (χ3v) is 10.7. The largest absolute Gasteiger partial charge is 0.330 e. The predicted octanol–water partition coefficient (Wildman–Crippen LogP) is 9.50. The second kappa shape index (κ2) is 14.9. The van der Waals surface area contributed by atoms with Crippen LogP contribution in [-0.2, 0) is 0 Å². The zero-order valence-corrected chi connectivity index (χ0v) is 30.3. The van der Waals surface area contributed by atoms with Gasteiger partial charge in [0.25, 0.3) is 0 Å². The normalized spacial score (nSPS) is 17.0. The molecule has 3 unspecified atom stereocenters. The Hall–Kier alpha value is -0.120. The van der Waals surface area contributed by atoms with Gasteiger partial charge in [-0.2, -0.15) is 0 Å². The molecule has 0 aromatic carbocycles. The molecule has 3 heteroatoms. The number of nitrogens with one attached hydrogen (secondary N) is 1. The lowest BCUT2D eigenvalue weighted by Crippen LogP contribution is -2.42. The fraction of sp³-hybridized carbons (Fsp3) is 1.00. The van der Waals surface area contributed by atoms with Gasteiger partial charge in [-0.25, -0.2) is 0 Å². The predicted molar refractivity (Wildman–Crippen MR) is 178 cm³/mol. The van der Waals surface area contributed by atoms with Gasteiger partial charge in [0, 0.05) is 0 Å². The quantitative estimate of drug-likeness (QED) is 0.178. The van der Waals surface area contributed by atoms with E-state index in [0.29, 0.717) is 28.6 Å². The molecule has 3 nitrogen and oxygen atoms in total. The number of hydrogen-bond acceptors (Lipinski definition) is 3. The third-order valence-electron chi connectivity index (χ3n) is 10.7. The molecule has 0 heterocycles. The lowest BCUT2D eigenvalue weighted by Gasteiger charge is -2.50. The molecule has 236 valence electrons. The van der Waals surface area contributed by atoms with Crippen LogP contribution in [0.15, 0.2) is 0 Å². The van der Waals surface area contributed by atoms with Crippen LogP contribution in [0.3, 0.4) is 0 Å². The second-order valence-corrected chi connectivity index (χ2v) is 18.4. The summed E-state index contributed by atoms with van der Waals surface area (Å²) >= 11 is 0. The molecular weight excluding hydrogens is 474 g/mol. The van der Waals surface area contributed by atoms with E-state index in [9.17, 15) is 0 Å². The number of hydrogen-bond donors (Lipinski definition) is 2. The number of nitrogens with two attached hydrogens (primary N) is 1. The average molecular weight is 552 g/mol. The van der Waals surface area contributed by atoms with Crippen LogP contribution in [0.4, 0.5) is 0 Å². The minimum absolute atomic E-state index is 0.277. The van der Waals surface area contributed by atoms with E-state index in [4.69, 9.17) is 5.73 Å². The van der Waals surface area contributed by atoms with Crippen LogP contribution in [0.25, 0.3) is 0 Å². The molecule has 0 aliphatic carbocycles. The van der Waals surface area contributed by atoms with Crippen molar-refractivity contribution in [1.82, 2.24) is 10.2 Å². The summed E-state index contributed by atoms with van der Waals surface area (Å²) < 4.78 is 0. The minimum Gasteiger partial charge on any atom is -0.330 e. The van der Waals surface area contributed by atoms with Gasteiger partial charge < -0.3 is 16.0 Å². The number of rotatable bonds is 18. The molecule has 0 saturated carbocycles. The topological polar surface area (TPSA) is 41.3 Å². The van der Waals surface area contributed by atoms with Crippen molar-refractivity contribution in [1.29, 1.82) is 0 Å². The molecule has 0 aliphatic heterocycles. The zero-order chi connectivity index (χ0) is 31.1. The molecular formula is C36H77N3. The first-order valence-corrected chi connectivity index (χ1v) is 16.3. The summed E-state index contributed by atoms with van der Waals surface area (Å²) in [4.78, 5) is 2.36. The summed E-state index contributed by atoms with van der Waals surface area (Å²) in [5.41, 5.74) is 7.85. The molecule has 0 bridgehead atoms. The van der Waals surface area contributed by atoms with Crippen LogP contribution in [0.1, 0.15) is 142 Å². The Morgan fingerprint density at radius 2 is 0.872 bits per heavy atom. The highest BCUT2D eigenvalue weighted by molar-refractivity contribution is 4.95. The van der Waals surface area contributed by atoms with E-state index in [1.807, 2.05) is 0 Å². The zero-order valence-electron chi connectivity index (χ0n) is 30.3. The van der Waals surface area contributed by atoms with E-state index in [2.05, 4.69) is 128 Å². The van der Waals surface area contributed by atoms with Gasteiger partial charge >= 0.3 is 0 Å². The fourth-order valence-corrected chi connectivity index (χ4v) is 8.66. The van der Waals surface area contributed by atoms with Crippen LogP contribution in [0, 0.1) is 50.2 Å². The Morgan fingerprint density at radius 3 is 1.15 bits per heavy atom. The standard InChI is InChI=1S/C36H77N3/c1-31(2,3)28(18-25-37)33(7,8)21-23-35(11,12)30(19-26-38-15)36(13,14)24-22-34(9,10)29(32(4,5)6)20-27-39(16)17/h28-30,38H,18-27,37H2,1-17H3. The Labute approximate surface area is 248 Å². The molecule has 3 atom stereocenters. The summed E-state index contributed by atoms with van der Waals surface area (Å²) in [6.07, 6.45) is 8.73. The Bertz CT molecular complexity index is 672. The van der Waals surface area contributed by atoms with Crippen molar-refractivity contribution >= 4 is 0 Å². The molecule has 0 amide bonds. The van der Waals surface area contributed by atoms with E-state index in [-0.39, 0.29) is 21.7 Å². The van der Waals surface area contributed by atoms with Gasteiger partial charge in [0.2, 0.25) is 0 Å². The average Bonchev–Trinajstić information content (AvgIpc) is 2.73. The van der Waals surface area contributed by atoms with Crippen molar-refractivity contribution in [3.8, 4) is 0 Å². The van der Waals surface area contributed by atoms with Crippen molar-refractivity contribution in [2.45, 2.75) is 142 Å². The summed E-state index contributed by atoms with van der Waals surface area (Å²) in [5.74, 6) is 2.00. The van der Waals surface area contributed by atoms with Crippen LogP contribution < -0.4 is 11.1 Å². The molecule has 3 N–H and O–H groups in total. The van der Waals surface area contributed by atoms with Crippen molar-refractivity contribution in [2.24, 2.45) is 56.0 Å². The molecule has 0 aliphatic rings. The second-order valence-electron chi connectivity index (χ2n) is 18.4. The maximum Gasteiger partial charge on any atom is -0.00218 e. The van der Waals surface area contributed by atoms with Gasteiger partial charge in [-0.05, 0) is 136 Å². The van der Waals surface area contributed by atoms with Gasteiger partial charge in [0.1, 0.15) is 0 Å². The highest BCUT2D eigenvalue weighted by atomic mass is 15.0. The van der Waals surface area contributed by atoms with E-state index < -0.39 is 0 Å². The van der Waals surface area contributed by atoms with E-state index in [1.165, 1.54) is 45.1 Å². The van der Waals surface area contributed by atoms with Gasteiger partial charge in [0.05, 0.1) is 0 Å². The molecule has 0 saturated heterocycles. The lowest BCUT2D eigenvalue weighted by molar-refractivity contribution is 0.000716. The van der Waals surface area contributed by atoms with Gasteiger partial charge in [-0.3, -0.25) is 0 Å². The highest BCUT2D eigenvalue weighted by Crippen LogP contribution is 2.53. The molecule has 0 radical (unpaired) electrons. The lowest BCUT2D eigenvalue weighted by atomic mass is 9.55. The molecule has 0 spiro atoms. The van der Waals surface area contributed by atoms with Crippen LogP contribution in [-0.4, -0.2) is 45.7 Å². The van der Waals surface area contributed by atoms with Crippen LogP contribution in [0.5, 0.6) is 0 Å². The smallest absolute Gasteiger partial charge is 0.00218 e. The van der Waals surface area contributed by atoms with Gasteiger partial charge in [0.15, 0.2) is 0 Å². The van der Waals surface area contributed by atoms with Gasteiger partial charge in [-0.1, -0.05) is 96.9 Å². The summed E-state index contributed by atoms with van der Waals surface area (Å²) in [6.45, 7) is 38.0. The number of nitrogens with zero attached hydrogens (tertiary/aromatic N) is 1. The minimum atomic E-state index is 0.277. The van der Waals surface area contributed by atoms with Gasteiger partial charge in [-0.15, -0.1) is 0 Å². The van der Waals surface area contributed by atoms with Crippen molar-refractivity contribution in [3.63, 3.8) is 0 Å². The van der Waals surface area contributed by atoms with Crippen molar-refractivity contribution in [2.75, 3.05) is 40.8 Å². The maximum absolute atomic E-state index is 6.11. The van der Waals surface area contributed by atoms with Crippen LogP contribution in [0.2, 0.25) is 0 Å². The summed E-state index contributed by atoms with van der Waals surface area (Å²) in [5, 5.41) is 3.49. The first-order valence-electron chi connectivity index (χ1n) is 16.3. The van der Waals surface area contributed by atoms with E-state index in [1.54, 1.807) is 0 Å². The molecule has 0 aromatic rings. The van der Waals surface area contributed by atoms with E-state index in [0.717, 1.165) is 19.5 Å². The highest BCUT2D eigenvalue weighted by Gasteiger charge is 2.45. The Balaban J connectivity index is 5.91. The molecule has 0 fully saturated rings. The maximum atomic E-state index is 6.11. The Morgan fingerprint density at radius 1 is 0.538 bits per heavy atom. The monoisotopic (exact) mass is 552 g/mol. The molecule has 39 heavy (non-hydrogen) atoms. The Kier molecular flexibility index (Phi) is 14.8. The van der Waals surface area contributed by atoms with Crippen molar-refractivity contribution < 1.29 is 0 Å². The molecule has 0 aromatic heterocycles. The van der Waals surface area contributed by atoms with E-state index >= 15 is 0 Å². The third kappa shape index (κ3) is 12.7. The summed E-state index contributed by atoms with van der Waals surface area (Å²) in [6, 6.07) is 0. The SMILES string of the molecule is CNCCC(C(C)(C)CCC(C)(C)C(CCN)C(C)(C)C)C(C)(C)CCC(C)(C)C(CCN(C)C)C(C)(C)C. The first kappa shape index (κ1) is 38.9. The fourth-order valence-electron chi connectivity index (χ4n) is 8.66. The van der Waals surface area contributed by atoms with Crippen molar-refractivity contribution in [3.05, 3.63) is 0 Å². The molecule has 0 rings (SSSR count). The summed E-state index contributed by atoms with van der Waals surface area (Å²) in [7, 11) is 6.54. The first-order chi connectivity index (χ1) is 17.3.